The summed E-state index contributed by atoms with van der Waals surface area (Å²) in [5, 5.41) is 7.58. The Morgan fingerprint density at radius 3 is 3.25 bits per heavy atom. The first-order chi connectivity index (χ1) is 5.68. The molecule has 0 aromatic heterocycles. The van der Waals surface area contributed by atoms with Crippen LogP contribution in [0.3, 0.4) is 0 Å². The minimum atomic E-state index is -0.978. The van der Waals surface area contributed by atoms with Gasteiger partial charge in [0, 0.05) is 7.11 Å². The molecule has 1 fully saturated rings. The van der Waals surface area contributed by atoms with Gasteiger partial charge in [0.1, 0.15) is 0 Å². The van der Waals surface area contributed by atoms with E-state index in [-0.39, 0.29) is 5.92 Å². The van der Waals surface area contributed by atoms with Crippen molar-refractivity contribution in [3.05, 3.63) is 0 Å². The van der Waals surface area contributed by atoms with Crippen molar-refractivity contribution in [3.8, 4) is 0 Å². The lowest BCUT2D eigenvalue weighted by Crippen LogP contribution is -2.32. The zero-order valence-electron chi connectivity index (χ0n) is 6.36. The van der Waals surface area contributed by atoms with Crippen LogP contribution in [-0.2, 0) is 14.3 Å². The summed E-state index contributed by atoms with van der Waals surface area (Å²) >= 11 is 3.20. The highest BCUT2D eigenvalue weighted by atomic mass is 79.9. The number of ether oxygens (including phenoxy) is 2. The fourth-order valence-corrected chi connectivity index (χ4v) is 1.93. The molecule has 0 aromatic rings. The van der Waals surface area contributed by atoms with Gasteiger partial charge in [0.05, 0.1) is 12.5 Å². The van der Waals surface area contributed by atoms with Gasteiger partial charge in [0.25, 0.3) is 0 Å². The maximum Gasteiger partial charge on any atom is 0.350 e. The van der Waals surface area contributed by atoms with E-state index in [0.29, 0.717) is 6.54 Å². The van der Waals surface area contributed by atoms with Gasteiger partial charge in [-0.25, -0.2) is 4.79 Å². The Bertz CT molecular complexity index is 257. The first-order valence-electron chi connectivity index (χ1n) is 3.50. The van der Waals surface area contributed by atoms with Crippen LogP contribution in [0, 0.1) is 5.92 Å². The Hall–Kier alpha value is -0.490. The van der Waals surface area contributed by atoms with Gasteiger partial charge in [-0.15, -0.1) is 0 Å². The molecule has 0 saturated carbocycles. The van der Waals surface area contributed by atoms with Crippen molar-refractivity contribution in [1.82, 2.24) is 0 Å². The monoisotopic (exact) mass is 234 g/mol. The van der Waals surface area contributed by atoms with Crippen molar-refractivity contribution in [3.63, 3.8) is 0 Å². The van der Waals surface area contributed by atoms with Crippen molar-refractivity contribution in [2.45, 2.75) is 10.7 Å². The number of alkyl halides is 1. The molecule has 0 bridgehead atoms. The standard InChI is InChI=1S/C6H7BrN2O3/c1-11-4-3-2-8-9-6(3,7)5(10)12-4/h3-4H,2H2,1H3/t3-,4-,6-/m0/s1. The number of rotatable bonds is 1. The Balaban J connectivity index is 2.30. The van der Waals surface area contributed by atoms with E-state index >= 15 is 0 Å². The van der Waals surface area contributed by atoms with Crippen LogP contribution in [0.5, 0.6) is 0 Å². The minimum absolute atomic E-state index is 0.130. The van der Waals surface area contributed by atoms with Crippen molar-refractivity contribution >= 4 is 21.9 Å². The fraction of sp³-hybridized carbons (Fsp3) is 0.833. The number of cyclic esters (lactones) is 1. The van der Waals surface area contributed by atoms with Gasteiger partial charge < -0.3 is 9.47 Å². The number of hydrogen-bond donors (Lipinski definition) is 0. The van der Waals surface area contributed by atoms with Gasteiger partial charge in [-0.2, -0.15) is 10.2 Å². The van der Waals surface area contributed by atoms with E-state index < -0.39 is 16.7 Å². The Labute approximate surface area is 77.3 Å². The van der Waals surface area contributed by atoms with E-state index in [1.165, 1.54) is 7.11 Å². The molecule has 2 aliphatic heterocycles. The molecular formula is C6H7BrN2O3. The largest absolute Gasteiger partial charge is 0.433 e. The van der Waals surface area contributed by atoms with Crippen molar-refractivity contribution in [1.29, 1.82) is 0 Å². The van der Waals surface area contributed by atoms with Crippen LogP contribution in [0.25, 0.3) is 0 Å². The van der Waals surface area contributed by atoms with Crippen LogP contribution >= 0.6 is 15.9 Å². The molecule has 2 aliphatic rings. The molecular weight excluding hydrogens is 228 g/mol. The van der Waals surface area contributed by atoms with Crippen LogP contribution < -0.4 is 0 Å². The Morgan fingerprint density at radius 2 is 2.58 bits per heavy atom. The number of fused-ring (bicyclic) bond motifs is 1. The fourth-order valence-electron chi connectivity index (χ4n) is 1.37. The molecule has 0 amide bonds. The highest BCUT2D eigenvalue weighted by Crippen LogP contribution is 2.44. The number of halogens is 1. The number of carbonyl (C=O) groups is 1. The molecule has 6 heteroatoms. The first-order valence-corrected chi connectivity index (χ1v) is 4.29. The number of esters is 1. The number of methoxy groups -OCH3 is 1. The third-order valence-electron chi connectivity index (χ3n) is 2.06. The molecule has 1 saturated heterocycles. The summed E-state index contributed by atoms with van der Waals surface area (Å²) in [6.07, 6.45) is -0.521. The normalized spacial score (nSPS) is 44.7. The number of nitrogens with zero attached hydrogens (tertiary/aromatic N) is 2. The summed E-state index contributed by atoms with van der Waals surface area (Å²) in [5.74, 6) is -0.546. The number of carbonyl (C=O) groups excluding carboxylic acids is 1. The predicted molar refractivity (Wildman–Crippen MR) is 41.8 cm³/mol. The summed E-state index contributed by atoms with van der Waals surface area (Å²) in [4.78, 5) is 11.2. The van der Waals surface area contributed by atoms with Crippen molar-refractivity contribution in [2.75, 3.05) is 13.7 Å². The smallest absolute Gasteiger partial charge is 0.350 e. The number of hydrogen-bond acceptors (Lipinski definition) is 5. The highest BCUT2D eigenvalue weighted by molar-refractivity contribution is 9.10. The SMILES string of the molecule is CO[C@H]1OC(=O)[C@@]2(Br)N=NC[C@@H]12. The lowest BCUT2D eigenvalue weighted by Gasteiger charge is -2.13. The third kappa shape index (κ3) is 0.847. The lowest BCUT2D eigenvalue weighted by molar-refractivity contribution is -0.161. The molecule has 0 spiro atoms. The predicted octanol–water partition coefficient (Wildman–Crippen LogP) is 0.689. The zero-order chi connectivity index (χ0) is 8.77. The van der Waals surface area contributed by atoms with E-state index in [4.69, 9.17) is 9.47 Å². The molecule has 0 unspecified atom stereocenters. The van der Waals surface area contributed by atoms with Crippen molar-refractivity contribution in [2.24, 2.45) is 16.1 Å². The maximum atomic E-state index is 11.2. The average molecular weight is 235 g/mol. The quantitative estimate of drug-likeness (QED) is 0.381. The molecule has 0 aliphatic carbocycles. The van der Waals surface area contributed by atoms with Crippen LogP contribution in [0.2, 0.25) is 0 Å². The third-order valence-corrected chi connectivity index (χ3v) is 3.13. The summed E-state index contributed by atoms with van der Waals surface area (Å²) in [6, 6.07) is 0. The van der Waals surface area contributed by atoms with Crippen LogP contribution in [0.1, 0.15) is 0 Å². The second kappa shape index (κ2) is 2.50. The lowest BCUT2D eigenvalue weighted by atomic mass is 10.0. The maximum absolute atomic E-state index is 11.2. The second-order valence-electron chi connectivity index (χ2n) is 2.71. The molecule has 12 heavy (non-hydrogen) atoms. The van der Waals surface area contributed by atoms with Gasteiger partial charge in [0.15, 0.2) is 0 Å². The topological polar surface area (TPSA) is 60.2 Å². The summed E-state index contributed by atoms with van der Waals surface area (Å²) in [6.45, 7) is 0.468. The van der Waals surface area contributed by atoms with Crippen LogP contribution in [0.4, 0.5) is 0 Å². The van der Waals surface area contributed by atoms with Gasteiger partial charge in [-0.1, -0.05) is 0 Å². The summed E-state index contributed by atoms with van der Waals surface area (Å²) in [5.41, 5.74) is 0. The van der Waals surface area contributed by atoms with Crippen molar-refractivity contribution < 1.29 is 14.3 Å². The Kier molecular flexibility index (Phi) is 1.69. The van der Waals surface area contributed by atoms with E-state index in [1.54, 1.807) is 0 Å². The molecule has 2 rings (SSSR count). The van der Waals surface area contributed by atoms with Crippen LogP contribution in [0.15, 0.2) is 10.2 Å². The zero-order valence-corrected chi connectivity index (χ0v) is 7.94. The van der Waals surface area contributed by atoms with E-state index in [2.05, 4.69) is 26.2 Å². The molecule has 0 N–H and O–H groups in total. The molecule has 0 aromatic carbocycles. The van der Waals surface area contributed by atoms with Gasteiger partial charge in [-0.3, -0.25) is 0 Å². The summed E-state index contributed by atoms with van der Waals surface area (Å²) < 4.78 is 8.91. The van der Waals surface area contributed by atoms with E-state index in [0.717, 1.165) is 0 Å². The molecule has 2 heterocycles. The molecule has 5 nitrogen and oxygen atoms in total. The van der Waals surface area contributed by atoms with Crippen LogP contribution in [-0.4, -0.2) is 30.4 Å². The highest BCUT2D eigenvalue weighted by Gasteiger charge is 2.59. The second-order valence-corrected chi connectivity index (χ2v) is 3.92. The van der Waals surface area contributed by atoms with E-state index in [9.17, 15) is 4.79 Å². The average Bonchev–Trinajstić information content (AvgIpc) is 2.51. The van der Waals surface area contributed by atoms with E-state index in [1.807, 2.05) is 0 Å². The molecule has 3 atom stereocenters. The molecule has 66 valence electrons. The summed E-state index contributed by atoms with van der Waals surface area (Å²) in [7, 11) is 1.50. The first kappa shape index (κ1) is 8.12. The Morgan fingerprint density at radius 1 is 1.83 bits per heavy atom. The molecule has 0 radical (unpaired) electrons. The van der Waals surface area contributed by atoms with Gasteiger partial charge >= 0.3 is 5.97 Å². The van der Waals surface area contributed by atoms with Gasteiger partial charge in [-0.05, 0) is 15.9 Å². The number of azo groups is 1. The minimum Gasteiger partial charge on any atom is -0.433 e. The van der Waals surface area contributed by atoms with Gasteiger partial charge in [0.2, 0.25) is 10.7 Å².